The number of carbonyl (C=O) groups excluding carboxylic acids is 1. The van der Waals surface area contributed by atoms with Crippen LogP contribution in [-0.4, -0.2) is 28.8 Å². The molecule has 0 saturated carbocycles. The van der Waals surface area contributed by atoms with E-state index in [4.69, 9.17) is 21.1 Å². The Morgan fingerprint density at radius 1 is 1.11 bits per heavy atom. The summed E-state index contributed by atoms with van der Waals surface area (Å²) >= 11 is 6.27. The summed E-state index contributed by atoms with van der Waals surface area (Å²) in [6, 6.07) is 13.6. The molecule has 0 aromatic heterocycles. The van der Waals surface area contributed by atoms with Crippen LogP contribution in [0.15, 0.2) is 48.5 Å². The highest BCUT2D eigenvalue weighted by Crippen LogP contribution is 2.27. The first-order chi connectivity index (χ1) is 13.1. The molecule has 2 aromatic carbocycles. The van der Waals surface area contributed by atoms with E-state index in [1.807, 2.05) is 30.3 Å². The van der Waals surface area contributed by atoms with Crippen molar-refractivity contribution in [3.8, 4) is 5.75 Å². The summed E-state index contributed by atoms with van der Waals surface area (Å²) in [5.74, 6) is -0.660. The smallest absolute Gasteiger partial charge is 0.408 e. The van der Waals surface area contributed by atoms with Crippen molar-refractivity contribution in [3.05, 3.63) is 64.7 Å². The minimum atomic E-state index is -1.16. The maximum absolute atomic E-state index is 11.9. The molecule has 2 N–H and O–H groups in total. The van der Waals surface area contributed by atoms with E-state index in [1.54, 1.807) is 39.0 Å². The molecule has 1 atom stereocenters. The van der Waals surface area contributed by atoms with Gasteiger partial charge in [-0.05, 0) is 44.0 Å². The largest absolute Gasteiger partial charge is 0.487 e. The third kappa shape index (κ3) is 7.12. The number of hydrogen-bond donors (Lipinski definition) is 2. The number of carboxylic acid groups (broad SMARTS) is 1. The number of carboxylic acids is 1. The number of ether oxygens (including phenoxy) is 2. The summed E-state index contributed by atoms with van der Waals surface area (Å²) in [5.41, 5.74) is 0.949. The zero-order valence-electron chi connectivity index (χ0n) is 16.1. The highest BCUT2D eigenvalue weighted by Gasteiger charge is 2.24. The van der Waals surface area contributed by atoms with Gasteiger partial charge in [-0.1, -0.05) is 48.0 Å². The molecule has 0 fully saturated rings. The third-order valence-corrected chi connectivity index (χ3v) is 3.96. The Bertz CT molecular complexity index is 817. The molecule has 150 valence electrons. The van der Waals surface area contributed by atoms with Crippen LogP contribution < -0.4 is 10.1 Å². The van der Waals surface area contributed by atoms with E-state index >= 15 is 0 Å². The molecule has 28 heavy (non-hydrogen) atoms. The normalized spacial score (nSPS) is 12.1. The van der Waals surface area contributed by atoms with E-state index in [-0.39, 0.29) is 6.42 Å². The highest BCUT2D eigenvalue weighted by atomic mass is 35.5. The van der Waals surface area contributed by atoms with E-state index in [0.29, 0.717) is 22.9 Å². The SMILES string of the molecule is CC(C)(C)OC(=O)NC(Cc1ccc(OCc2ccccc2)c(Cl)c1)C(=O)O. The second-order valence-electron chi connectivity index (χ2n) is 7.28. The number of hydrogen-bond acceptors (Lipinski definition) is 4. The van der Waals surface area contributed by atoms with Crippen molar-refractivity contribution in [1.29, 1.82) is 0 Å². The monoisotopic (exact) mass is 405 g/mol. The molecule has 0 bridgehead atoms. The quantitative estimate of drug-likeness (QED) is 0.711. The Balaban J connectivity index is 2.00. The Hall–Kier alpha value is -2.73. The van der Waals surface area contributed by atoms with Crippen LogP contribution in [-0.2, 0) is 22.6 Å². The lowest BCUT2D eigenvalue weighted by atomic mass is 10.1. The van der Waals surface area contributed by atoms with Gasteiger partial charge in [-0.2, -0.15) is 0 Å². The fraction of sp³-hybridized carbons (Fsp3) is 0.333. The molecule has 0 saturated heterocycles. The molecule has 6 nitrogen and oxygen atoms in total. The van der Waals surface area contributed by atoms with Crippen LogP contribution in [0.25, 0.3) is 0 Å². The van der Waals surface area contributed by atoms with E-state index in [2.05, 4.69) is 5.32 Å². The molecule has 0 aliphatic rings. The van der Waals surface area contributed by atoms with Gasteiger partial charge in [0.05, 0.1) is 5.02 Å². The van der Waals surface area contributed by atoms with Gasteiger partial charge in [0.15, 0.2) is 0 Å². The fourth-order valence-electron chi connectivity index (χ4n) is 2.41. The van der Waals surface area contributed by atoms with E-state index < -0.39 is 23.7 Å². The van der Waals surface area contributed by atoms with Gasteiger partial charge in [0.25, 0.3) is 0 Å². The van der Waals surface area contributed by atoms with Crippen molar-refractivity contribution in [1.82, 2.24) is 5.32 Å². The summed E-state index contributed by atoms with van der Waals surface area (Å²) in [6.07, 6.45) is -0.721. The van der Waals surface area contributed by atoms with Gasteiger partial charge in [0.1, 0.15) is 24.0 Å². The Kier molecular flexibility index (Phi) is 7.29. The Morgan fingerprint density at radius 2 is 1.79 bits per heavy atom. The predicted octanol–water partition coefficient (Wildman–Crippen LogP) is 4.44. The van der Waals surface area contributed by atoms with Gasteiger partial charge in [-0.15, -0.1) is 0 Å². The lowest BCUT2D eigenvalue weighted by molar-refractivity contribution is -0.139. The van der Waals surface area contributed by atoms with Crippen molar-refractivity contribution in [3.63, 3.8) is 0 Å². The maximum atomic E-state index is 11.9. The van der Waals surface area contributed by atoms with Crippen molar-refractivity contribution in [2.45, 2.75) is 45.4 Å². The van der Waals surface area contributed by atoms with Crippen LogP contribution in [0.2, 0.25) is 5.02 Å². The summed E-state index contributed by atoms with van der Waals surface area (Å²) in [4.78, 5) is 23.4. The molecule has 1 amide bonds. The van der Waals surface area contributed by atoms with Gasteiger partial charge in [0, 0.05) is 6.42 Å². The number of aliphatic carboxylic acids is 1. The highest BCUT2D eigenvalue weighted by molar-refractivity contribution is 6.32. The van der Waals surface area contributed by atoms with E-state index in [9.17, 15) is 14.7 Å². The fourth-order valence-corrected chi connectivity index (χ4v) is 2.67. The van der Waals surface area contributed by atoms with Gasteiger partial charge in [0.2, 0.25) is 0 Å². The molecule has 2 rings (SSSR count). The molecule has 2 aromatic rings. The number of nitrogens with one attached hydrogen (secondary N) is 1. The summed E-state index contributed by atoms with van der Waals surface area (Å²) in [7, 11) is 0. The average Bonchev–Trinajstić information content (AvgIpc) is 2.59. The zero-order chi connectivity index (χ0) is 20.7. The number of carbonyl (C=O) groups is 2. The van der Waals surface area contributed by atoms with Crippen LogP contribution >= 0.6 is 11.6 Å². The number of halogens is 1. The summed E-state index contributed by atoms with van der Waals surface area (Å²) < 4.78 is 10.8. The molecule has 7 heteroatoms. The molecule has 1 unspecified atom stereocenters. The molecule has 0 spiro atoms. The minimum absolute atomic E-state index is 0.0628. The molecule has 0 heterocycles. The second kappa shape index (κ2) is 9.46. The van der Waals surface area contributed by atoms with Crippen molar-refractivity contribution in [2.75, 3.05) is 0 Å². The first-order valence-electron chi connectivity index (χ1n) is 8.81. The topological polar surface area (TPSA) is 84.9 Å². The minimum Gasteiger partial charge on any atom is -0.487 e. The zero-order valence-corrected chi connectivity index (χ0v) is 16.8. The number of benzene rings is 2. The predicted molar refractivity (Wildman–Crippen MR) is 107 cm³/mol. The lowest BCUT2D eigenvalue weighted by Crippen LogP contribution is -2.44. The van der Waals surface area contributed by atoms with Gasteiger partial charge >= 0.3 is 12.1 Å². The van der Waals surface area contributed by atoms with Crippen LogP contribution in [0.5, 0.6) is 5.75 Å². The average molecular weight is 406 g/mol. The standard InChI is InChI=1S/C21H24ClNO5/c1-21(2,3)28-20(26)23-17(19(24)25)12-15-9-10-18(16(22)11-15)27-13-14-7-5-4-6-8-14/h4-11,17H,12-13H2,1-3H3,(H,23,26)(H,24,25). The first-order valence-corrected chi connectivity index (χ1v) is 9.19. The molecule has 0 radical (unpaired) electrons. The van der Waals surface area contributed by atoms with E-state index in [1.165, 1.54) is 0 Å². The maximum Gasteiger partial charge on any atom is 0.408 e. The molecular weight excluding hydrogens is 382 g/mol. The summed E-state index contributed by atoms with van der Waals surface area (Å²) in [6.45, 7) is 5.49. The molecule has 0 aliphatic carbocycles. The molecule has 0 aliphatic heterocycles. The number of amides is 1. The van der Waals surface area contributed by atoms with Gasteiger partial charge in [-0.25, -0.2) is 9.59 Å². The third-order valence-electron chi connectivity index (χ3n) is 3.66. The Morgan fingerprint density at radius 3 is 2.36 bits per heavy atom. The van der Waals surface area contributed by atoms with Crippen LogP contribution in [0.1, 0.15) is 31.9 Å². The van der Waals surface area contributed by atoms with Crippen molar-refractivity contribution in [2.24, 2.45) is 0 Å². The molecular formula is C21H24ClNO5. The lowest BCUT2D eigenvalue weighted by Gasteiger charge is -2.22. The van der Waals surface area contributed by atoms with E-state index in [0.717, 1.165) is 5.56 Å². The number of rotatable bonds is 7. The van der Waals surface area contributed by atoms with Crippen molar-refractivity contribution >= 4 is 23.7 Å². The van der Waals surface area contributed by atoms with Crippen molar-refractivity contribution < 1.29 is 24.2 Å². The summed E-state index contributed by atoms with van der Waals surface area (Å²) in [5, 5.41) is 12.1. The van der Waals surface area contributed by atoms with Gasteiger partial charge < -0.3 is 19.9 Å². The Labute approximate surface area is 169 Å². The second-order valence-corrected chi connectivity index (χ2v) is 7.69. The van der Waals surface area contributed by atoms with Crippen LogP contribution in [0, 0.1) is 0 Å². The van der Waals surface area contributed by atoms with Crippen LogP contribution in [0.4, 0.5) is 4.79 Å². The first kappa shape index (κ1) is 21.6. The van der Waals surface area contributed by atoms with Gasteiger partial charge in [-0.3, -0.25) is 0 Å². The van der Waals surface area contributed by atoms with Crippen LogP contribution in [0.3, 0.4) is 0 Å². The number of alkyl carbamates (subject to hydrolysis) is 1.